The van der Waals surface area contributed by atoms with Crippen LogP contribution in [-0.2, 0) is 4.79 Å². The maximum Gasteiger partial charge on any atom is 0.307 e. The largest absolute Gasteiger partial charge is 0.481 e. The lowest BCUT2D eigenvalue weighted by Gasteiger charge is -2.48. The van der Waals surface area contributed by atoms with E-state index in [4.69, 9.17) is 0 Å². The number of allylic oxidation sites excluding steroid dienone is 1. The summed E-state index contributed by atoms with van der Waals surface area (Å²) in [6.07, 6.45) is 6.02. The molecule has 2 bridgehead atoms. The number of rotatable bonds is 1. The Morgan fingerprint density at radius 3 is 2.70 bits per heavy atom. The first kappa shape index (κ1) is 15.4. The Morgan fingerprint density at radius 2 is 2.04 bits per heavy atom. The molecule has 0 aromatic carbocycles. The van der Waals surface area contributed by atoms with E-state index in [0.717, 1.165) is 24.8 Å². The van der Waals surface area contributed by atoms with Crippen LogP contribution in [0.4, 0.5) is 0 Å². The maximum absolute atomic E-state index is 12.3. The summed E-state index contributed by atoms with van der Waals surface area (Å²) in [5.74, 6) is -1.59. The van der Waals surface area contributed by atoms with Crippen LogP contribution in [0.2, 0.25) is 0 Å². The van der Waals surface area contributed by atoms with Gasteiger partial charge in [0.15, 0.2) is 0 Å². The lowest BCUT2D eigenvalue weighted by Crippen LogP contribution is -2.54. The molecule has 4 heteroatoms. The number of aliphatic hydroxyl groups is 2. The molecule has 1 spiro atoms. The monoisotopic (exact) mass is 318 g/mol. The van der Waals surface area contributed by atoms with E-state index < -0.39 is 40.3 Å². The quantitative estimate of drug-likeness (QED) is 0.649. The molecule has 0 aliphatic heterocycles. The number of carbonyl (C=O) groups is 1. The topological polar surface area (TPSA) is 77.8 Å². The summed E-state index contributed by atoms with van der Waals surface area (Å²) in [7, 11) is 0. The molecule has 0 radical (unpaired) electrons. The molecule has 7 atom stereocenters. The second-order valence-corrected chi connectivity index (χ2v) is 8.91. The predicted molar refractivity (Wildman–Crippen MR) is 85.5 cm³/mol. The average Bonchev–Trinajstić information content (AvgIpc) is 2.84. The maximum atomic E-state index is 12.3. The molecule has 3 N–H and O–H groups in total. The zero-order valence-corrected chi connectivity index (χ0v) is 13.8. The summed E-state index contributed by atoms with van der Waals surface area (Å²) >= 11 is 0. The zero-order valence-electron chi connectivity index (χ0n) is 13.8. The van der Waals surface area contributed by atoms with Gasteiger partial charge in [-0.25, -0.2) is 0 Å². The van der Waals surface area contributed by atoms with Crippen LogP contribution in [0.1, 0.15) is 39.5 Å². The van der Waals surface area contributed by atoms with E-state index in [9.17, 15) is 20.1 Å². The van der Waals surface area contributed by atoms with Gasteiger partial charge in [-0.2, -0.15) is 0 Å². The molecule has 0 aromatic rings. The molecule has 4 nitrogen and oxygen atoms in total. The van der Waals surface area contributed by atoms with Gasteiger partial charge in [-0.1, -0.05) is 38.2 Å². The third-order valence-electron chi connectivity index (χ3n) is 7.64. The van der Waals surface area contributed by atoms with Crippen molar-refractivity contribution in [3.63, 3.8) is 0 Å². The molecule has 7 unspecified atom stereocenters. The lowest BCUT2D eigenvalue weighted by atomic mass is 9.60. The number of aliphatic hydroxyl groups excluding tert-OH is 1. The first-order valence-corrected chi connectivity index (χ1v) is 8.65. The molecule has 126 valence electrons. The molecular weight excluding hydrogens is 292 g/mol. The van der Waals surface area contributed by atoms with Crippen molar-refractivity contribution in [1.82, 2.24) is 0 Å². The Balaban J connectivity index is 1.94. The van der Waals surface area contributed by atoms with Gasteiger partial charge in [-0.15, -0.1) is 0 Å². The van der Waals surface area contributed by atoms with Gasteiger partial charge in [0.1, 0.15) is 0 Å². The number of carboxylic acids is 1. The summed E-state index contributed by atoms with van der Waals surface area (Å²) in [4.78, 5) is 12.3. The fraction of sp³-hybridized carbons (Fsp3) is 0.737. The van der Waals surface area contributed by atoms with E-state index in [0.29, 0.717) is 12.3 Å². The van der Waals surface area contributed by atoms with Crippen molar-refractivity contribution < 1.29 is 20.1 Å². The van der Waals surface area contributed by atoms with E-state index in [1.165, 1.54) is 0 Å². The molecule has 0 aromatic heterocycles. The average molecular weight is 318 g/mol. The predicted octanol–water partition coefficient (Wildman–Crippen LogP) is 2.37. The summed E-state index contributed by atoms with van der Waals surface area (Å²) in [5, 5.41) is 32.1. The number of fused-ring (bicyclic) bond motifs is 3. The van der Waals surface area contributed by atoms with E-state index in [1.807, 2.05) is 13.8 Å². The van der Waals surface area contributed by atoms with Gasteiger partial charge in [-0.3, -0.25) is 4.79 Å². The second kappa shape index (κ2) is 4.28. The van der Waals surface area contributed by atoms with Crippen LogP contribution in [0, 0.1) is 34.5 Å². The number of hydrogen-bond donors (Lipinski definition) is 3. The highest BCUT2D eigenvalue weighted by atomic mass is 16.4. The van der Waals surface area contributed by atoms with Gasteiger partial charge in [0.05, 0.1) is 17.6 Å². The standard InChI is InChI=1S/C19H26O4/c1-10-8-18-9-11(10)4-5-12(18)19(23)7-6-13(20)17(2,3)15(19)14(18)16(21)22/h6-7,11-15,20,23H,1,4-5,8-9H2,2-3H3,(H,21,22). The highest BCUT2D eigenvalue weighted by Crippen LogP contribution is 2.73. The van der Waals surface area contributed by atoms with Gasteiger partial charge >= 0.3 is 5.97 Å². The second-order valence-electron chi connectivity index (χ2n) is 8.91. The van der Waals surface area contributed by atoms with Crippen molar-refractivity contribution in [3.8, 4) is 0 Å². The summed E-state index contributed by atoms with van der Waals surface area (Å²) in [6.45, 7) is 7.98. The molecule has 4 aliphatic carbocycles. The molecule has 4 aliphatic rings. The van der Waals surface area contributed by atoms with E-state index >= 15 is 0 Å². The highest BCUT2D eigenvalue weighted by Gasteiger charge is 2.74. The Labute approximate surface area is 136 Å². The van der Waals surface area contributed by atoms with Crippen LogP contribution < -0.4 is 0 Å². The van der Waals surface area contributed by atoms with Crippen LogP contribution >= 0.6 is 0 Å². The Bertz CT molecular complexity index is 621. The molecule has 23 heavy (non-hydrogen) atoms. The van der Waals surface area contributed by atoms with Gasteiger partial charge in [0, 0.05) is 11.3 Å². The first-order chi connectivity index (χ1) is 10.6. The van der Waals surface area contributed by atoms with Crippen LogP contribution in [-0.4, -0.2) is 33.0 Å². The van der Waals surface area contributed by atoms with Gasteiger partial charge < -0.3 is 15.3 Å². The zero-order chi connectivity index (χ0) is 16.8. The SMILES string of the molecule is C=C1CC23CC1CCC2C1(O)C=CC(O)C(C)(C)C1C3C(=O)O. The Kier molecular flexibility index (Phi) is 2.87. The minimum atomic E-state index is -1.14. The minimum absolute atomic E-state index is 0.0559. The molecule has 0 heterocycles. The fourth-order valence-corrected chi connectivity index (χ4v) is 6.74. The van der Waals surface area contributed by atoms with E-state index in [1.54, 1.807) is 12.2 Å². The fourth-order valence-electron chi connectivity index (χ4n) is 6.74. The van der Waals surface area contributed by atoms with Crippen LogP contribution in [0.5, 0.6) is 0 Å². The van der Waals surface area contributed by atoms with Gasteiger partial charge in [-0.05, 0) is 42.9 Å². The molecular formula is C19H26O4. The molecule has 0 amide bonds. The Morgan fingerprint density at radius 1 is 1.35 bits per heavy atom. The van der Waals surface area contributed by atoms with Crippen molar-refractivity contribution in [1.29, 1.82) is 0 Å². The minimum Gasteiger partial charge on any atom is -0.481 e. The summed E-state index contributed by atoms with van der Waals surface area (Å²) in [5.41, 5.74) is -1.06. The van der Waals surface area contributed by atoms with Crippen LogP contribution in [0.3, 0.4) is 0 Å². The number of hydrogen-bond acceptors (Lipinski definition) is 3. The van der Waals surface area contributed by atoms with Gasteiger partial charge in [0.25, 0.3) is 0 Å². The van der Waals surface area contributed by atoms with Crippen molar-refractivity contribution >= 4 is 5.97 Å². The van der Waals surface area contributed by atoms with E-state index in [-0.39, 0.29) is 5.92 Å². The van der Waals surface area contributed by atoms with Crippen LogP contribution in [0.25, 0.3) is 0 Å². The summed E-state index contributed by atoms with van der Waals surface area (Å²) in [6, 6.07) is 0. The van der Waals surface area contributed by atoms with Crippen molar-refractivity contribution in [2.75, 3.05) is 0 Å². The lowest BCUT2D eigenvalue weighted by molar-refractivity contribution is -0.154. The van der Waals surface area contributed by atoms with Crippen LogP contribution in [0.15, 0.2) is 24.3 Å². The Hall–Kier alpha value is -1.13. The normalized spacial score (nSPS) is 53.0. The van der Waals surface area contributed by atoms with Crippen molar-refractivity contribution in [2.45, 2.75) is 51.2 Å². The van der Waals surface area contributed by atoms with E-state index in [2.05, 4.69) is 6.58 Å². The molecule has 0 saturated heterocycles. The molecule has 3 saturated carbocycles. The summed E-state index contributed by atoms with van der Waals surface area (Å²) < 4.78 is 0. The van der Waals surface area contributed by atoms with Crippen molar-refractivity contribution in [2.24, 2.45) is 34.5 Å². The highest BCUT2D eigenvalue weighted by molar-refractivity contribution is 5.74. The molecule has 3 fully saturated rings. The number of aliphatic carboxylic acids is 1. The smallest absolute Gasteiger partial charge is 0.307 e. The number of carboxylic acid groups (broad SMARTS) is 1. The third kappa shape index (κ3) is 1.61. The first-order valence-electron chi connectivity index (χ1n) is 8.65. The third-order valence-corrected chi connectivity index (χ3v) is 7.64. The van der Waals surface area contributed by atoms with Crippen molar-refractivity contribution in [3.05, 3.63) is 24.3 Å². The molecule has 4 rings (SSSR count). The van der Waals surface area contributed by atoms with Gasteiger partial charge in [0.2, 0.25) is 0 Å².